The summed E-state index contributed by atoms with van der Waals surface area (Å²) in [6.45, 7) is 3.75. The van der Waals surface area contributed by atoms with Crippen molar-refractivity contribution in [2.24, 2.45) is 0 Å². The van der Waals surface area contributed by atoms with Crippen LogP contribution in [-0.2, 0) is 14.2 Å². The van der Waals surface area contributed by atoms with Crippen LogP contribution >= 0.6 is 0 Å². The number of ether oxygens (including phenoxy) is 3. The number of nitrogens with one attached hydrogen (secondary N) is 1. The van der Waals surface area contributed by atoms with Crippen LogP contribution in [0.2, 0.25) is 0 Å². The summed E-state index contributed by atoms with van der Waals surface area (Å²) in [5, 5.41) is 12.4. The lowest BCUT2D eigenvalue weighted by Crippen LogP contribution is -2.32. The summed E-state index contributed by atoms with van der Waals surface area (Å²) in [5.41, 5.74) is 0. The Morgan fingerprint density at radius 1 is 1.13 bits per heavy atom. The molecule has 0 aliphatic rings. The standard InChI is InChI=1S/C10H23NO4/c1-13-5-3-6-15-7-4-11-8-10(12)9-14-2/h10-12H,3-9H2,1-2H3. The minimum atomic E-state index is -0.441. The number of rotatable bonds is 11. The van der Waals surface area contributed by atoms with E-state index in [1.165, 1.54) is 0 Å². The zero-order valence-corrected chi connectivity index (χ0v) is 9.70. The van der Waals surface area contributed by atoms with Crippen molar-refractivity contribution in [3.05, 3.63) is 0 Å². The molecule has 0 aromatic heterocycles. The van der Waals surface area contributed by atoms with Crippen molar-refractivity contribution in [1.82, 2.24) is 5.32 Å². The summed E-state index contributed by atoms with van der Waals surface area (Å²) in [7, 11) is 3.25. The third-order valence-corrected chi connectivity index (χ3v) is 1.80. The molecule has 0 saturated carbocycles. The van der Waals surface area contributed by atoms with Gasteiger partial charge in [-0.1, -0.05) is 0 Å². The molecular formula is C10H23NO4. The first-order valence-electron chi connectivity index (χ1n) is 5.25. The van der Waals surface area contributed by atoms with Gasteiger partial charge in [0.25, 0.3) is 0 Å². The Hall–Kier alpha value is -0.200. The van der Waals surface area contributed by atoms with Gasteiger partial charge in [-0.15, -0.1) is 0 Å². The molecule has 2 N–H and O–H groups in total. The van der Waals surface area contributed by atoms with E-state index in [4.69, 9.17) is 14.2 Å². The van der Waals surface area contributed by atoms with Gasteiger partial charge in [0, 0.05) is 40.5 Å². The third kappa shape index (κ3) is 11.7. The van der Waals surface area contributed by atoms with E-state index in [2.05, 4.69) is 5.32 Å². The highest BCUT2D eigenvalue weighted by atomic mass is 16.5. The van der Waals surface area contributed by atoms with Gasteiger partial charge in [-0.3, -0.25) is 0 Å². The predicted octanol–water partition coefficient (Wildman–Crippen LogP) is -0.364. The maximum atomic E-state index is 9.28. The fourth-order valence-corrected chi connectivity index (χ4v) is 1.07. The third-order valence-electron chi connectivity index (χ3n) is 1.80. The zero-order valence-electron chi connectivity index (χ0n) is 9.70. The van der Waals surface area contributed by atoms with Crippen LogP contribution in [0.4, 0.5) is 0 Å². The molecule has 0 rings (SSSR count). The Morgan fingerprint density at radius 3 is 2.60 bits per heavy atom. The van der Waals surface area contributed by atoms with Crippen molar-refractivity contribution in [2.45, 2.75) is 12.5 Å². The molecular weight excluding hydrogens is 198 g/mol. The Morgan fingerprint density at radius 2 is 1.93 bits per heavy atom. The smallest absolute Gasteiger partial charge is 0.0897 e. The Balaban J connectivity index is 2.98. The van der Waals surface area contributed by atoms with Crippen LogP contribution in [0.1, 0.15) is 6.42 Å². The summed E-state index contributed by atoms with van der Waals surface area (Å²) >= 11 is 0. The van der Waals surface area contributed by atoms with Gasteiger partial charge in [-0.05, 0) is 6.42 Å². The quantitative estimate of drug-likeness (QED) is 0.466. The molecule has 1 unspecified atom stereocenters. The van der Waals surface area contributed by atoms with Crippen molar-refractivity contribution in [2.75, 3.05) is 53.7 Å². The molecule has 0 saturated heterocycles. The molecule has 0 spiro atoms. The topological polar surface area (TPSA) is 60.0 Å². The molecule has 0 aromatic carbocycles. The second-order valence-corrected chi connectivity index (χ2v) is 3.27. The average Bonchev–Trinajstić information content (AvgIpc) is 2.22. The van der Waals surface area contributed by atoms with Gasteiger partial charge < -0.3 is 24.6 Å². The van der Waals surface area contributed by atoms with Gasteiger partial charge in [0.05, 0.1) is 19.3 Å². The first-order valence-corrected chi connectivity index (χ1v) is 5.25. The van der Waals surface area contributed by atoms with E-state index >= 15 is 0 Å². The normalized spacial score (nSPS) is 13.0. The first-order chi connectivity index (χ1) is 7.31. The predicted molar refractivity (Wildman–Crippen MR) is 58.1 cm³/mol. The lowest BCUT2D eigenvalue weighted by molar-refractivity contribution is 0.0612. The minimum absolute atomic E-state index is 0.363. The van der Waals surface area contributed by atoms with Crippen molar-refractivity contribution >= 4 is 0 Å². The second kappa shape index (κ2) is 11.9. The average molecular weight is 221 g/mol. The van der Waals surface area contributed by atoms with E-state index in [1.807, 2.05) is 0 Å². The van der Waals surface area contributed by atoms with Gasteiger partial charge in [0.2, 0.25) is 0 Å². The molecule has 0 aliphatic carbocycles. The largest absolute Gasteiger partial charge is 0.389 e. The monoisotopic (exact) mass is 221 g/mol. The van der Waals surface area contributed by atoms with Gasteiger partial charge in [-0.25, -0.2) is 0 Å². The second-order valence-electron chi connectivity index (χ2n) is 3.27. The molecule has 15 heavy (non-hydrogen) atoms. The number of hydrogen-bond acceptors (Lipinski definition) is 5. The fourth-order valence-electron chi connectivity index (χ4n) is 1.07. The molecule has 0 amide bonds. The Labute approximate surface area is 91.7 Å². The van der Waals surface area contributed by atoms with E-state index < -0.39 is 6.10 Å². The molecule has 5 heteroatoms. The van der Waals surface area contributed by atoms with Crippen molar-refractivity contribution in [3.63, 3.8) is 0 Å². The molecule has 0 aliphatic heterocycles. The van der Waals surface area contributed by atoms with Crippen LogP contribution in [-0.4, -0.2) is 64.9 Å². The molecule has 0 aromatic rings. The molecule has 0 fully saturated rings. The van der Waals surface area contributed by atoms with Crippen molar-refractivity contribution in [1.29, 1.82) is 0 Å². The number of methoxy groups -OCH3 is 2. The van der Waals surface area contributed by atoms with Gasteiger partial charge in [0.1, 0.15) is 0 Å². The van der Waals surface area contributed by atoms with E-state index in [0.717, 1.165) is 26.2 Å². The zero-order chi connectivity index (χ0) is 11.4. The molecule has 1 atom stereocenters. The minimum Gasteiger partial charge on any atom is -0.389 e. The lowest BCUT2D eigenvalue weighted by atomic mass is 10.4. The van der Waals surface area contributed by atoms with Crippen molar-refractivity contribution in [3.8, 4) is 0 Å². The highest BCUT2D eigenvalue weighted by molar-refractivity contribution is 4.57. The summed E-state index contributed by atoms with van der Waals surface area (Å²) in [6, 6.07) is 0. The Kier molecular flexibility index (Phi) is 11.7. The summed E-state index contributed by atoms with van der Waals surface area (Å²) in [4.78, 5) is 0. The SMILES string of the molecule is COCCCOCCNCC(O)COC. The van der Waals surface area contributed by atoms with Gasteiger partial charge >= 0.3 is 0 Å². The summed E-state index contributed by atoms with van der Waals surface area (Å²) < 4.78 is 15.0. The van der Waals surface area contributed by atoms with Crippen LogP contribution < -0.4 is 5.32 Å². The molecule has 0 bridgehead atoms. The van der Waals surface area contributed by atoms with Gasteiger partial charge in [0.15, 0.2) is 0 Å². The van der Waals surface area contributed by atoms with E-state index in [1.54, 1.807) is 14.2 Å². The van der Waals surface area contributed by atoms with Crippen LogP contribution in [0, 0.1) is 0 Å². The van der Waals surface area contributed by atoms with Crippen LogP contribution in [0.3, 0.4) is 0 Å². The fraction of sp³-hybridized carbons (Fsp3) is 1.00. The number of aliphatic hydroxyl groups excluding tert-OH is 1. The van der Waals surface area contributed by atoms with Crippen LogP contribution in [0.5, 0.6) is 0 Å². The van der Waals surface area contributed by atoms with Crippen LogP contribution in [0.25, 0.3) is 0 Å². The highest BCUT2D eigenvalue weighted by Crippen LogP contribution is 1.83. The van der Waals surface area contributed by atoms with Gasteiger partial charge in [-0.2, -0.15) is 0 Å². The molecule has 0 heterocycles. The maximum absolute atomic E-state index is 9.28. The lowest BCUT2D eigenvalue weighted by Gasteiger charge is -2.10. The highest BCUT2D eigenvalue weighted by Gasteiger charge is 2.01. The molecule has 92 valence electrons. The molecule has 0 radical (unpaired) electrons. The van der Waals surface area contributed by atoms with E-state index in [-0.39, 0.29) is 0 Å². The summed E-state index contributed by atoms with van der Waals surface area (Å²) in [5.74, 6) is 0. The number of hydrogen-bond donors (Lipinski definition) is 2. The molecule has 5 nitrogen and oxygen atoms in total. The first kappa shape index (κ1) is 14.8. The van der Waals surface area contributed by atoms with E-state index in [9.17, 15) is 5.11 Å². The Bertz CT molecular complexity index is 124. The number of aliphatic hydroxyl groups is 1. The summed E-state index contributed by atoms with van der Waals surface area (Å²) in [6.07, 6.45) is 0.478. The van der Waals surface area contributed by atoms with Crippen molar-refractivity contribution < 1.29 is 19.3 Å². The van der Waals surface area contributed by atoms with Crippen LogP contribution in [0.15, 0.2) is 0 Å². The van der Waals surface area contributed by atoms with E-state index in [0.29, 0.717) is 19.8 Å². The maximum Gasteiger partial charge on any atom is 0.0897 e.